The maximum atomic E-state index is 6.64. The molecule has 2 nitrogen and oxygen atoms in total. The van der Waals surface area contributed by atoms with E-state index in [-0.39, 0.29) is 5.54 Å². The third-order valence-electron chi connectivity index (χ3n) is 4.69. The first-order valence-electron chi connectivity index (χ1n) is 6.43. The minimum atomic E-state index is -0.0539. The van der Waals surface area contributed by atoms with Crippen molar-refractivity contribution in [2.24, 2.45) is 17.6 Å². The van der Waals surface area contributed by atoms with Crippen LogP contribution in [0.15, 0.2) is 23.7 Å². The van der Waals surface area contributed by atoms with Crippen LogP contribution >= 0.6 is 11.3 Å². The molecule has 4 rings (SSSR count). The Labute approximate surface area is 105 Å². The zero-order valence-electron chi connectivity index (χ0n) is 9.73. The van der Waals surface area contributed by atoms with Crippen molar-refractivity contribution >= 4 is 21.6 Å². The molecule has 0 aliphatic heterocycles. The number of hydrogen-bond donors (Lipinski definition) is 1. The first-order chi connectivity index (χ1) is 8.30. The van der Waals surface area contributed by atoms with Gasteiger partial charge in [0.2, 0.25) is 0 Å². The van der Waals surface area contributed by atoms with E-state index in [0.29, 0.717) is 0 Å². The molecule has 0 saturated heterocycles. The summed E-state index contributed by atoms with van der Waals surface area (Å²) in [6.45, 7) is 0. The molecular weight excluding hydrogens is 228 g/mol. The molecule has 2 aromatic heterocycles. The van der Waals surface area contributed by atoms with Gasteiger partial charge in [-0.15, -0.1) is 11.3 Å². The van der Waals surface area contributed by atoms with E-state index in [2.05, 4.69) is 22.5 Å². The van der Waals surface area contributed by atoms with E-state index < -0.39 is 0 Å². The van der Waals surface area contributed by atoms with Gasteiger partial charge in [0, 0.05) is 11.7 Å². The highest BCUT2D eigenvalue weighted by atomic mass is 32.1. The van der Waals surface area contributed by atoms with Gasteiger partial charge in [-0.3, -0.25) is 4.98 Å². The van der Waals surface area contributed by atoms with Crippen molar-refractivity contribution in [3.63, 3.8) is 0 Å². The second kappa shape index (κ2) is 3.30. The molecule has 2 aliphatic rings. The third kappa shape index (κ3) is 1.27. The number of thiophene rings is 1. The molecule has 0 amide bonds. The average molecular weight is 244 g/mol. The zero-order chi connectivity index (χ0) is 11.5. The summed E-state index contributed by atoms with van der Waals surface area (Å²) in [5.74, 6) is 1.44. The number of nitrogens with two attached hydrogens (primary N) is 1. The lowest BCUT2D eigenvalue weighted by Crippen LogP contribution is -2.24. The van der Waals surface area contributed by atoms with Crippen LogP contribution in [-0.2, 0) is 5.54 Å². The fourth-order valence-corrected chi connectivity index (χ4v) is 4.46. The van der Waals surface area contributed by atoms with Crippen molar-refractivity contribution in [2.45, 2.75) is 31.2 Å². The van der Waals surface area contributed by atoms with Gasteiger partial charge in [0.15, 0.2) is 0 Å². The van der Waals surface area contributed by atoms with Crippen molar-refractivity contribution in [1.29, 1.82) is 0 Å². The fraction of sp³-hybridized carbons (Fsp3) is 0.500. The maximum absolute atomic E-state index is 6.64. The topological polar surface area (TPSA) is 38.9 Å². The minimum absolute atomic E-state index is 0.0539. The second-order valence-electron chi connectivity index (χ2n) is 5.46. The summed E-state index contributed by atoms with van der Waals surface area (Å²) in [6.07, 6.45) is 7.34. The van der Waals surface area contributed by atoms with Crippen LogP contribution in [0.1, 0.15) is 31.2 Å². The Morgan fingerprint density at radius 1 is 1.29 bits per heavy atom. The van der Waals surface area contributed by atoms with Crippen LogP contribution in [0.2, 0.25) is 0 Å². The molecule has 0 spiro atoms. The molecule has 2 aromatic rings. The quantitative estimate of drug-likeness (QED) is 0.836. The summed E-state index contributed by atoms with van der Waals surface area (Å²) in [5.41, 5.74) is 8.96. The molecule has 2 atom stereocenters. The van der Waals surface area contributed by atoms with Gasteiger partial charge in [-0.2, -0.15) is 0 Å². The molecule has 2 N–H and O–H groups in total. The second-order valence-corrected chi connectivity index (χ2v) is 6.41. The average Bonchev–Trinajstić information content (AvgIpc) is 2.77. The molecule has 2 saturated carbocycles. The Kier molecular flexibility index (Phi) is 1.95. The van der Waals surface area contributed by atoms with E-state index in [1.807, 2.05) is 6.20 Å². The number of fused-ring (bicyclic) bond motifs is 2. The summed E-state index contributed by atoms with van der Waals surface area (Å²) in [5, 5.41) is 2.10. The summed E-state index contributed by atoms with van der Waals surface area (Å²) in [4.78, 5) is 4.54. The van der Waals surface area contributed by atoms with Crippen LogP contribution in [0.3, 0.4) is 0 Å². The van der Waals surface area contributed by atoms with Crippen molar-refractivity contribution in [2.75, 3.05) is 0 Å². The van der Waals surface area contributed by atoms with Gasteiger partial charge < -0.3 is 5.73 Å². The van der Waals surface area contributed by atoms with Gasteiger partial charge in [0.05, 0.1) is 10.2 Å². The summed E-state index contributed by atoms with van der Waals surface area (Å²) in [7, 11) is 0. The van der Waals surface area contributed by atoms with Gasteiger partial charge in [-0.25, -0.2) is 0 Å². The van der Waals surface area contributed by atoms with E-state index in [1.165, 1.54) is 35.9 Å². The molecular formula is C14H16N2S. The van der Waals surface area contributed by atoms with E-state index >= 15 is 0 Å². The molecule has 2 fully saturated rings. The van der Waals surface area contributed by atoms with E-state index in [9.17, 15) is 0 Å². The third-order valence-corrected chi connectivity index (χ3v) is 5.54. The Balaban J connectivity index is 1.78. The molecule has 2 heterocycles. The molecule has 17 heavy (non-hydrogen) atoms. The van der Waals surface area contributed by atoms with E-state index in [0.717, 1.165) is 17.4 Å². The van der Waals surface area contributed by atoms with Crippen molar-refractivity contribution < 1.29 is 0 Å². The Morgan fingerprint density at radius 2 is 2.06 bits per heavy atom. The van der Waals surface area contributed by atoms with Gasteiger partial charge in [-0.05, 0) is 47.8 Å². The normalized spacial score (nSPS) is 35.8. The predicted molar refractivity (Wildman–Crippen MR) is 70.9 cm³/mol. The Morgan fingerprint density at radius 3 is 2.82 bits per heavy atom. The molecule has 3 heteroatoms. The first-order valence-corrected chi connectivity index (χ1v) is 7.31. The summed E-state index contributed by atoms with van der Waals surface area (Å²) in [6, 6.07) is 4.35. The van der Waals surface area contributed by atoms with Crippen molar-refractivity contribution in [3.8, 4) is 0 Å². The zero-order valence-corrected chi connectivity index (χ0v) is 10.5. The number of pyridine rings is 1. The van der Waals surface area contributed by atoms with Crippen LogP contribution < -0.4 is 5.73 Å². The highest BCUT2D eigenvalue weighted by molar-refractivity contribution is 7.17. The molecule has 2 unspecified atom stereocenters. The fourth-order valence-electron chi connectivity index (χ4n) is 3.68. The largest absolute Gasteiger partial charge is 0.321 e. The SMILES string of the molecule is NC1(c2cnc3ccsc3c2)C2CCCCC21. The van der Waals surface area contributed by atoms with E-state index in [4.69, 9.17) is 5.73 Å². The number of nitrogens with zero attached hydrogens (tertiary/aromatic N) is 1. The predicted octanol–water partition coefficient (Wildman–Crippen LogP) is 3.27. The van der Waals surface area contributed by atoms with E-state index in [1.54, 1.807) is 11.3 Å². The smallest absolute Gasteiger partial charge is 0.0809 e. The van der Waals surface area contributed by atoms with Crippen molar-refractivity contribution in [1.82, 2.24) is 4.98 Å². The first kappa shape index (κ1) is 10.0. The highest BCUT2D eigenvalue weighted by Gasteiger charge is 2.62. The van der Waals surface area contributed by atoms with Crippen LogP contribution in [0.4, 0.5) is 0 Å². The molecule has 0 bridgehead atoms. The summed E-state index contributed by atoms with van der Waals surface area (Å²) >= 11 is 1.76. The summed E-state index contributed by atoms with van der Waals surface area (Å²) < 4.78 is 1.27. The Bertz CT molecular complexity index is 562. The molecule has 2 aliphatic carbocycles. The minimum Gasteiger partial charge on any atom is -0.321 e. The number of hydrogen-bond acceptors (Lipinski definition) is 3. The van der Waals surface area contributed by atoms with Gasteiger partial charge in [0.1, 0.15) is 0 Å². The van der Waals surface area contributed by atoms with Crippen LogP contribution in [0.5, 0.6) is 0 Å². The monoisotopic (exact) mass is 244 g/mol. The maximum Gasteiger partial charge on any atom is 0.0809 e. The number of aromatic nitrogens is 1. The Hall–Kier alpha value is -0.930. The molecule has 0 aromatic carbocycles. The lowest BCUT2D eigenvalue weighted by Gasteiger charge is -2.11. The number of rotatable bonds is 1. The molecule has 88 valence electrons. The lowest BCUT2D eigenvalue weighted by atomic mass is 10.0. The van der Waals surface area contributed by atoms with Crippen LogP contribution in [0, 0.1) is 11.8 Å². The standard InChI is InChI=1S/C14H16N2S/c15-14(10-3-1-2-4-11(10)14)9-7-13-12(16-8-9)5-6-17-13/h5-8,10-11H,1-4,15H2. The van der Waals surface area contributed by atoms with Gasteiger partial charge >= 0.3 is 0 Å². The van der Waals surface area contributed by atoms with Crippen molar-refractivity contribution in [3.05, 3.63) is 29.3 Å². The van der Waals surface area contributed by atoms with Gasteiger partial charge in [-0.1, -0.05) is 12.8 Å². The van der Waals surface area contributed by atoms with Crippen LogP contribution in [0.25, 0.3) is 10.2 Å². The van der Waals surface area contributed by atoms with Crippen LogP contribution in [-0.4, -0.2) is 4.98 Å². The van der Waals surface area contributed by atoms with Gasteiger partial charge in [0.25, 0.3) is 0 Å². The molecule has 0 radical (unpaired) electrons. The lowest BCUT2D eigenvalue weighted by molar-refractivity contribution is 0.480. The highest BCUT2D eigenvalue weighted by Crippen LogP contribution is 2.62.